The molecule has 1 aromatic rings. The van der Waals surface area contributed by atoms with E-state index in [0.717, 1.165) is 19.4 Å². The summed E-state index contributed by atoms with van der Waals surface area (Å²) in [5.41, 5.74) is 6.69. The number of aryl methyl sites for hydroxylation is 1. The predicted molar refractivity (Wildman–Crippen MR) is 87.4 cm³/mol. The number of hydrogen-bond acceptors (Lipinski definition) is 3. The molecule has 0 aliphatic heterocycles. The Morgan fingerprint density at radius 2 is 1.81 bits per heavy atom. The second kappa shape index (κ2) is 5.65. The Bertz CT molecular complexity index is 516. The number of hydrogen-bond donors (Lipinski definition) is 2. The number of thioether (sulfide) groups is 1. The first kappa shape index (κ1) is 14.9. The first-order valence-corrected chi connectivity index (χ1v) is 8.66. The van der Waals surface area contributed by atoms with Crippen molar-refractivity contribution in [3.8, 4) is 0 Å². The minimum atomic E-state index is -0.561. The number of carbonyl (C=O) groups is 1. The van der Waals surface area contributed by atoms with Crippen molar-refractivity contribution in [2.24, 2.45) is 5.73 Å². The first-order valence-electron chi connectivity index (χ1n) is 7.84. The standard InChI is InChI=1S/C17H24N2OS/c1-13-4-6-14(7-5-13)21-16(8-2-3-9-16)12-19-15(20)17(18)10-11-17/h4-7H,2-3,8-12,18H2,1H3,(H,19,20). The van der Waals surface area contributed by atoms with E-state index in [0.29, 0.717) is 0 Å². The highest BCUT2D eigenvalue weighted by Crippen LogP contribution is 2.45. The summed E-state index contributed by atoms with van der Waals surface area (Å²) in [6.45, 7) is 2.85. The fraction of sp³-hybridized carbons (Fsp3) is 0.588. The van der Waals surface area contributed by atoms with Gasteiger partial charge in [0, 0.05) is 16.2 Å². The van der Waals surface area contributed by atoms with Gasteiger partial charge in [0.1, 0.15) is 0 Å². The van der Waals surface area contributed by atoms with Gasteiger partial charge in [-0.15, -0.1) is 11.8 Å². The van der Waals surface area contributed by atoms with E-state index in [9.17, 15) is 4.79 Å². The van der Waals surface area contributed by atoms with E-state index in [-0.39, 0.29) is 10.7 Å². The van der Waals surface area contributed by atoms with Crippen LogP contribution >= 0.6 is 11.8 Å². The minimum absolute atomic E-state index is 0.0401. The van der Waals surface area contributed by atoms with Crippen LogP contribution in [-0.4, -0.2) is 22.7 Å². The van der Waals surface area contributed by atoms with Crippen LogP contribution < -0.4 is 11.1 Å². The zero-order chi connectivity index (χ0) is 14.9. The summed E-state index contributed by atoms with van der Waals surface area (Å²) in [5.74, 6) is 0.0401. The highest BCUT2D eigenvalue weighted by atomic mass is 32.2. The van der Waals surface area contributed by atoms with Crippen molar-refractivity contribution in [3.05, 3.63) is 29.8 Å². The van der Waals surface area contributed by atoms with Crippen LogP contribution in [0.3, 0.4) is 0 Å². The lowest BCUT2D eigenvalue weighted by molar-refractivity contribution is -0.123. The number of amides is 1. The Morgan fingerprint density at radius 1 is 1.19 bits per heavy atom. The van der Waals surface area contributed by atoms with Gasteiger partial charge in [0.25, 0.3) is 0 Å². The monoisotopic (exact) mass is 304 g/mol. The van der Waals surface area contributed by atoms with Gasteiger partial charge in [-0.05, 0) is 44.7 Å². The van der Waals surface area contributed by atoms with E-state index in [4.69, 9.17) is 5.73 Å². The number of rotatable bonds is 5. The zero-order valence-corrected chi connectivity index (χ0v) is 13.5. The van der Waals surface area contributed by atoms with E-state index in [1.165, 1.54) is 36.1 Å². The van der Waals surface area contributed by atoms with Crippen LogP contribution in [0.4, 0.5) is 0 Å². The molecular weight excluding hydrogens is 280 g/mol. The Morgan fingerprint density at radius 3 is 2.38 bits per heavy atom. The van der Waals surface area contributed by atoms with E-state index in [1.54, 1.807) is 0 Å². The molecule has 3 N–H and O–H groups in total. The summed E-state index contributed by atoms with van der Waals surface area (Å²) >= 11 is 1.92. The van der Waals surface area contributed by atoms with Gasteiger partial charge in [-0.2, -0.15) is 0 Å². The van der Waals surface area contributed by atoms with Crippen LogP contribution in [-0.2, 0) is 4.79 Å². The topological polar surface area (TPSA) is 55.1 Å². The molecule has 1 amide bonds. The van der Waals surface area contributed by atoms with Crippen molar-refractivity contribution < 1.29 is 4.79 Å². The highest BCUT2D eigenvalue weighted by molar-refractivity contribution is 8.00. The van der Waals surface area contributed by atoms with Crippen molar-refractivity contribution in [1.82, 2.24) is 5.32 Å². The lowest BCUT2D eigenvalue weighted by Gasteiger charge is -2.29. The molecule has 0 aromatic heterocycles. The van der Waals surface area contributed by atoms with Crippen molar-refractivity contribution in [2.75, 3.05) is 6.54 Å². The Kier molecular flexibility index (Phi) is 4.02. The molecule has 0 saturated heterocycles. The van der Waals surface area contributed by atoms with Crippen LogP contribution in [0, 0.1) is 6.92 Å². The molecule has 21 heavy (non-hydrogen) atoms. The van der Waals surface area contributed by atoms with Crippen LogP contribution in [0.15, 0.2) is 29.2 Å². The van der Waals surface area contributed by atoms with Crippen LogP contribution in [0.1, 0.15) is 44.1 Å². The fourth-order valence-electron chi connectivity index (χ4n) is 2.97. The molecule has 4 heteroatoms. The van der Waals surface area contributed by atoms with E-state index >= 15 is 0 Å². The van der Waals surface area contributed by atoms with Gasteiger partial charge in [0.05, 0.1) is 5.54 Å². The quantitative estimate of drug-likeness (QED) is 0.879. The number of benzene rings is 1. The van der Waals surface area contributed by atoms with E-state index < -0.39 is 5.54 Å². The van der Waals surface area contributed by atoms with Gasteiger partial charge in [-0.3, -0.25) is 4.79 Å². The van der Waals surface area contributed by atoms with Gasteiger partial charge in [-0.25, -0.2) is 0 Å². The van der Waals surface area contributed by atoms with Gasteiger partial charge in [0.15, 0.2) is 0 Å². The second-order valence-electron chi connectivity index (χ2n) is 6.64. The SMILES string of the molecule is Cc1ccc(SC2(CNC(=O)C3(N)CC3)CCCC2)cc1. The summed E-state index contributed by atoms with van der Waals surface area (Å²) in [6, 6.07) is 8.69. The number of nitrogens with two attached hydrogens (primary N) is 1. The zero-order valence-electron chi connectivity index (χ0n) is 12.7. The van der Waals surface area contributed by atoms with Crippen LogP contribution in [0.2, 0.25) is 0 Å². The normalized spacial score (nSPS) is 22.0. The highest BCUT2D eigenvalue weighted by Gasteiger charge is 2.46. The fourth-order valence-corrected chi connectivity index (χ4v) is 4.38. The van der Waals surface area contributed by atoms with E-state index in [2.05, 4.69) is 36.5 Å². The summed E-state index contributed by atoms with van der Waals surface area (Å²) in [6.07, 6.45) is 6.51. The molecule has 114 valence electrons. The van der Waals surface area contributed by atoms with Gasteiger partial charge < -0.3 is 11.1 Å². The van der Waals surface area contributed by atoms with Crippen LogP contribution in [0.5, 0.6) is 0 Å². The van der Waals surface area contributed by atoms with Crippen molar-refractivity contribution in [3.63, 3.8) is 0 Å². The number of carbonyl (C=O) groups excluding carboxylic acids is 1. The average Bonchev–Trinajstić information content (AvgIpc) is 3.07. The lowest BCUT2D eigenvalue weighted by Crippen LogP contribution is -2.47. The largest absolute Gasteiger partial charge is 0.353 e. The molecule has 2 aliphatic carbocycles. The van der Waals surface area contributed by atoms with Crippen molar-refractivity contribution >= 4 is 17.7 Å². The molecule has 0 spiro atoms. The molecule has 0 atom stereocenters. The Labute approximate surface area is 131 Å². The molecule has 2 fully saturated rings. The summed E-state index contributed by atoms with van der Waals surface area (Å²) in [5, 5.41) is 3.11. The van der Waals surface area contributed by atoms with Gasteiger partial charge in [-0.1, -0.05) is 30.5 Å². The smallest absolute Gasteiger partial charge is 0.240 e. The number of nitrogens with one attached hydrogen (secondary N) is 1. The van der Waals surface area contributed by atoms with Gasteiger partial charge in [0.2, 0.25) is 5.91 Å². The molecule has 1 aromatic carbocycles. The summed E-state index contributed by atoms with van der Waals surface area (Å²) in [4.78, 5) is 13.4. The minimum Gasteiger partial charge on any atom is -0.353 e. The maximum atomic E-state index is 12.1. The second-order valence-corrected chi connectivity index (χ2v) is 8.19. The maximum absolute atomic E-state index is 12.1. The molecule has 3 nitrogen and oxygen atoms in total. The third kappa shape index (κ3) is 3.43. The molecule has 0 unspecified atom stereocenters. The average molecular weight is 304 g/mol. The maximum Gasteiger partial charge on any atom is 0.240 e. The predicted octanol–water partition coefficient (Wildman–Crippen LogP) is 3.01. The third-order valence-corrected chi connectivity index (χ3v) is 6.18. The first-order chi connectivity index (χ1) is 10.0. The molecule has 3 rings (SSSR count). The molecule has 0 bridgehead atoms. The third-order valence-electron chi connectivity index (χ3n) is 4.68. The molecule has 2 saturated carbocycles. The summed E-state index contributed by atoms with van der Waals surface area (Å²) in [7, 11) is 0. The Balaban J connectivity index is 1.64. The van der Waals surface area contributed by atoms with E-state index in [1.807, 2.05) is 11.8 Å². The van der Waals surface area contributed by atoms with Crippen molar-refractivity contribution in [2.45, 2.75) is 60.6 Å². The molecular formula is C17H24N2OS. The lowest BCUT2D eigenvalue weighted by atomic mass is 10.1. The molecule has 0 radical (unpaired) electrons. The molecule has 2 aliphatic rings. The van der Waals surface area contributed by atoms with Crippen molar-refractivity contribution in [1.29, 1.82) is 0 Å². The van der Waals surface area contributed by atoms with Crippen LogP contribution in [0.25, 0.3) is 0 Å². The summed E-state index contributed by atoms with van der Waals surface area (Å²) < 4.78 is 0.149. The molecule has 0 heterocycles. The Hall–Kier alpha value is -1.00. The van der Waals surface area contributed by atoms with Gasteiger partial charge >= 0.3 is 0 Å².